The molecule has 2 aromatic carbocycles. The number of benzene rings is 2. The maximum Gasteiger partial charge on any atom is 0.246 e. The lowest BCUT2D eigenvalue weighted by molar-refractivity contribution is -0.126. The molecule has 0 radical (unpaired) electrons. The number of furan rings is 1. The minimum absolute atomic E-state index is 0.0675. The van der Waals surface area contributed by atoms with Crippen LogP contribution in [0.5, 0.6) is 5.75 Å². The van der Waals surface area contributed by atoms with Gasteiger partial charge < -0.3 is 19.0 Å². The Labute approximate surface area is 199 Å². The highest BCUT2D eigenvalue weighted by molar-refractivity contribution is 7.89. The molecule has 178 valence electrons. The first-order chi connectivity index (χ1) is 16.4. The fourth-order valence-corrected chi connectivity index (χ4v) is 4.68. The summed E-state index contributed by atoms with van der Waals surface area (Å²) in [6.45, 7) is 2.81. The molecule has 1 N–H and O–H groups in total. The van der Waals surface area contributed by atoms with Crippen LogP contribution in [-0.2, 0) is 21.4 Å². The van der Waals surface area contributed by atoms with Crippen molar-refractivity contribution < 1.29 is 22.4 Å². The molecule has 0 atom stereocenters. The van der Waals surface area contributed by atoms with E-state index in [0.29, 0.717) is 18.8 Å². The summed E-state index contributed by atoms with van der Waals surface area (Å²) < 4.78 is 37.8. The highest BCUT2D eigenvalue weighted by Crippen LogP contribution is 2.22. The zero-order valence-electron chi connectivity index (χ0n) is 18.9. The number of rotatable bonds is 8. The van der Waals surface area contributed by atoms with Gasteiger partial charge in [0, 0.05) is 44.0 Å². The molecule has 0 aliphatic carbocycles. The Kier molecular flexibility index (Phi) is 7.34. The van der Waals surface area contributed by atoms with Crippen molar-refractivity contribution in [1.82, 2.24) is 9.62 Å². The van der Waals surface area contributed by atoms with E-state index in [1.807, 2.05) is 29.2 Å². The summed E-state index contributed by atoms with van der Waals surface area (Å²) in [6, 6.07) is 17.7. The first-order valence-electron chi connectivity index (χ1n) is 10.9. The number of anilines is 1. The zero-order valence-corrected chi connectivity index (χ0v) is 19.7. The van der Waals surface area contributed by atoms with Crippen molar-refractivity contribution in [3.05, 3.63) is 84.3 Å². The second-order valence-corrected chi connectivity index (χ2v) is 9.59. The van der Waals surface area contributed by atoms with Crippen LogP contribution in [0.15, 0.2) is 82.3 Å². The second kappa shape index (κ2) is 10.6. The van der Waals surface area contributed by atoms with E-state index in [-0.39, 0.29) is 17.3 Å². The molecule has 8 nitrogen and oxygen atoms in total. The van der Waals surface area contributed by atoms with Crippen molar-refractivity contribution in [2.45, 2.75) is 11.4 Å². The smallest absolute Gasteiger partial charge is 0.246 e. The lowest BCUT2D eigenvalue weighted by atomic mass is 10.2. The molecule has 1 aliphatic rings. The average Bonchev–Trinajstić information content (AvgIpc) is 3.40. The third kappa shape index (κ3) is 5.86. The SMILES string of the molecule is COc1cccc(N2CCN(C(=O)C=Cc3ccc(S(=O)(=O)NCc4ccco4)cc3)CC2)c1. The lowest BCUT2D eigenvalue weighted by Gasteiger charge is -2.35. The van der Waals surface area contributed by atoms with Gasteiger partial charge in [-0.3, -0.25) is 4.79 Å². The Morgan fingerprint density at radius 3 is 2.50 bits per heavy atom. The van der Waals surface area contributed by atoms with Gasteiger partial charge in [0.2, 0.25) is 15.9 Å². The molecule has 0 saturated carbocycles. The van der Waals surface area contributed by atoms with Crippen molar-refractivity contribution in [3.8, 4) is 5.75 Å². The van der Waals surface area contributed by atoms with Crippen molar-refractivity contribution in [3.63, 3.8) is 0 Å². The van der Waals surface area contributed by atoms with Crippen molar-refractivity contribution >= 4 is 27.7 Å². The number of piperazine rings is 1. The largest absolute Gasteiger partial charge is 0.497 e. The molecule has 0 bridgehead atoms. The molecule has 0 unspecified atom stereocenters. The highest BCUT2D eigenvalue weighted by atomic mass is 32.2. The number of carbonyl (C=O) groups is 1. The quantitative estimate of drug-likeness (QED) is 0.497. The van der Waals surface area contributed by atoms with Gasteiger partial charge >= 0.3 is 0 Å². The molecule has 3 aromatic rings. The number of hydrogen-bond acceptors (Lipinski definition) is 6. The standard InChI is InChI=1S/C25H27N3O5S/c1-32-22-5-2-4-21(18-22)27-13-15-28(16-14-27)25(29)12-9-20-7-10-24(11-8-20)34(30,31)26-19-23-6-3-17-33-23/h2-12,17-18,26H,13-16,19H2,1H3. The molecular formula is C25H27N3O5S. The topological polar surface area (TPSA) is 92.1 Å². The maximum absolute atomic E-state index is 12.6. The number of methoxy groups -OCH3 is 1. The summed E-state index contributed by atoms with van der Waals surface area (Å²) in [7, 11) is -2.01. The van der Waals surface area contributed by atoms with Gasteiger partial charge in [-0.1, -0.05) is 18.2 Å². The molecule has 1 amide bonds. The minimum Gasteiger partial charge on any atom is -0.497 e. The zero-order chi connectivity index (χ0) is 24.0. The van der Waals surface area contributed by atoms with Crippen LogP contribution < -0.4 is 14.4 Å². The Hall–Kier alpha value is -3.56. The molecule has 1 aromatic heterocycles. The van der Waals surface area contributed by atoms with Crippen LogP contribution >= 0.6 is 0 Å². The number of nitrogens with one attached hydrogen (secondary N) is 1. The van der Waals surface area contributed by atoms with Crippen LogP contribution in [0.4, 0.5) is 5.69 Å². The van der Waals surface area contributed by atoms with E-state index >= 15 is 0 Å². The third-order valence-electron chi connectivity index (χ3n) is 5.64. The van der Waals surface area contributed by atoms with Gasteiger partial charge in [-0.2, -0.15) is 0 Å². The highest BCUT2D eigenvalue weighted by Gasteiger charge is 2.20. The van der Waals surface area contributed by atoms with Crippen molar-refractivity contribution in [2.75, 3.05) is 38.2 Å². The maximum atomic E-state index is 12.6. The lowest BCUT2D eigenvalue weighted by Crippen LogP contribution is -2.48. The summed E-state index contributed by atoms with van der Waals surface area (Å²) in [5.74, 6) is 1.28. The minimum atomic E-state index is -3.66. The Morgan fingerprint density at radius 2 is 1.82 bits per heavy atom. The summed E-state index contributed by atoms with van der Waals surface area (Å²) >= 11 is 0. The molecule has 1 aliphatic heterocycles. The van der Waals surface area contributed by atoms with Crippen molar-refractivity contribution in [2.24, 2.45) is 0 Å². The van der Waals surface area contributed by atoms with Crippen molar-refractivity contribution in [1.29, 1.82) is 0 Å². The van der Waals surface area contributed by atoms with E-state index < -0.39 is 10.0 Å². The van der Waals surface area contributed by atoms with Gasteiger partial charge in [0.15, 0.2) is 0 Å². The number of ether oxygens (including phenoxy) is 1. The van der Waals surface area contributed by atoms with Gasteiger partial charge in [0.25, 0.3) is 0 Å². The molecule has 1 fully saturated rings. The molecule has 0 spiro atoms. The monoisotopic (exact) mass is 481 g/mol. The Balaban J connectivity index is 1.30. The van der Waals surface area contributed by atoms with Crippen LogP contribution in [0.1, 0.15) is 11.3 Å². The fraction of sp³-hybridized carbons (Fsp3) is 0.240. The van der Waals surface area contributed by atoms with E-state index in [4.69, 9.17) is 9.15 Å². The number of nitrogens with zero attached hydrogens (tertiary/aromatic N) is 2. The predicted octanol–water partition coefficient (Wildman–Crippen LogP) is 3.13. The van der Waals surface area contributed by atoms with Gasteiger partial charge in [0.1, 0.15) is 11.5 Å². The number of hydrogen-bond donors (Lipinski definition) is 1. The molecule has 1 saturated heterocycles. The second-order valence-electron chi connectivity index (χ2n) is 7.82. The number of amides is 1. The molecule has 4 rings (SSSR count). The Morgan fingerprint density at radius 1 is 1.06 bits per heavy atom. The Bertz CT molecular complexity index is 1230. The van der Waals surface area contributed by atoms with E-state index in [0.717, 1.165) is 30.1 Å². The van der Waals surface area contributed by atoms with Crippen LogP contribution in [0, 0.1) is 0 Å². The summed E-state index contributed by atoms with van der Waals surface area (Å²) in [5.41, 5.74) is 1.82. The summed E-state index contributed by atoms with van der Waals surface area (Å²) in [4.78, 5) is 16.8. The van der Waals surface area contributed by atoms with Gasteiger partial charge in [-0.05, 0) is 48.0 Å². The van der Waals surface area contributed by atoms with Crippen LogP contribution in [0.3, 0.4) is 0 Å². The molecule has 2 heterocycles. The van der Waals surface area contributed by atoms with E-state index in [1.165, 1.54) is 24.5 Å². The van der Waals surface area contributed by atoms with E-state index in [1.54, 1.807) is 37.5 Å². The third-order valence-corrected chi connectivity index (χ3v) is 7.05. The first kappa shape index (κ1) is 23.6. The molecular weight excluding hydrogens is 454 g/mol. The summed E-state index contributed by atoms with van der Waals surface area (Å²) in [5, 5.41) is 0. The van der Waals surface area contributed by atoms with Gasteiger partial charge in [-0.15, -0.1) is 0 Å². The van der Waals surface area contributed by atoms with Crippen LogP contribution in [0.25, 0.3) is 6.08 Å². The van der Waals surface area contributed by atoms with E-state index in [9.17, 15) is 13.2 Å². The molecule has 9 heteroatoms. The predicted molar refractivity (Wildman–Crippen MR) is 130 cm³/mol. The van der Waals surface area contributed by atoms with Gasteiger partial charge in [0.05, 0.1) is 24.8 Å². The average molecular weight is 482 g/mol. The van der Waals surface area contributed by atoms with E-state index in [2.05, 4.69) is 9.62 Å². The number of sulfonamides is 1. The fourth-order valence-electron chi connectivity index (χ4n) is 3.69. The number of carbonyl (C=O) groups excluding carboxylic acids is 1. The first-order valence-corrected chi connectivity index (χ1v) is 12.4. The van der Waals surface area contributed by atoms with Crippen LogP contribution in [-0.4, -0.2) is 52.5 Å². The van der Waals surface area contributed by atoms with Crippen LogP contribution in [0.2, 0.25) is 0 Å². The summed E-state index contributed by atoms with van der Waals surface area (Å²) in [6.07, 6.45) is 4.72. The molecule has 34 heavy (non-hydrogen) atoms. The normalized spacial score (nSPS) is 14.5. The van der Waals surface area contributed by atoms with Gasteiger partial charge in [-0.25, -0.2) is 13.1 Å².